The van der Waals surface area contributed by atoms with E-state index in [9.17, 15) is 9.90 Å². The first-order valence-electron chi connectivity index (χ1n) is 10.4. The second-order valence-electron chi connectivity index (χ2n) is 7.92. The molecule has 0 bridgehead atoms. The van der Waals surface area contributed by atoms with Crippen LogP contribution in [0, 0.1) is 0 Å². The van der Waals surface area contributed by atoms with Crippen molar-refractivity contribution in [1.29, 1.82) is 0 Å². The average molecular weight is 416 g/mol. The number of aromatic nitrogens is 2. The highest BCUT2D eigenvalue weighted by atomic mass is 19.2. The number of rotatable bonds is 6. The first-order chi connectivity index (χ1) is 14.4. The molecule has 0 saturated carbocycles. The standard InChI is InChI=1S/C22H29FN4O3/c1-4-17-11-19(27(23)21-24-13-20(28)14-25-21)12-18(10-16-8-6-5-7-9-16)26(17)22(29)30-15(2)3/h5-9,13-15,17-19,28H,4,10-12H2,1-3H3/t17-,18+,19+/m1/s1. The summed E-state index contributed by atoms with van der Waals surface area (Å²) in [6.07, 6.45) is 3.89. The van der Waals surface area contributed by atoms with Gasteiger partial charge in [-0.05, 0) is 45.1 Å². The Morgan fingerprint density at radius 2 is 1.87 bits per heavy atom. The zero-order chi connectivity index (χ0) is 21.7. The first kappa shape index (κ1) is 21.8. The molecule has 0 unspecified atom stereocenters. The Hall–Kier alpha value is -2.90. The molecule has 2 aromatic rings. The predicted molar refractivity (Wildman–Crippen MR) is 112 cm³/mol. The zero-order valence-electron chi connectivity index (χ0n) is 17.6. The molecular weight excluding hydrogens is 387 g/mol. The maximum Gasteiger partial charge on any atom is 0.410 e. The summed E-state index contributed by atoms with van der Waals surface area (Å²) in [5, 5.41) is 9.94. The van der Waals surface area contributed by atoms with Crippen LogP contribution in [0.4, 0.5) is 15.2 Å². The molecule has 1 amide bonds. The summed E-state index contributed by atoms with van der Waals surface area (Å²) in [4.78, 5) is 22.5. The van der Waals surface area contributed by atoms with Gasteiger partial charge in [-0.15, -0.1) is 0 Å². The van der Waals surface area contributed by atoms with Crippen LogP contribution in [0.25, 0.3) is 0 Å². The SMILES string of the molecule is CC[C@@H]1C[C@H](N(F)c2ncc(O)cn2)C[C@H](Cc2ccccc2)N1C(=O)OC(C)C. The molecule has 1 aromatic heterocycles. The second-order valence-corrected chi connectivity index (χ2v) is 7.92. The van der Waals surface area contributed by atoms with Crippen LogP contribution in [0.1, 0.15) is 45.6 Å². The third-order valence-corrected chi connectivity index (χ3v) is 5.34. The van der Waals surface area contributed by atoms with Gasteiger partial charge in [0.25, 0.3) is 5.95 Å². The lowest BCUT2D eigenvalue weighted by Crippen LogP contribution is -2.57. The number of benzene rings is 1. The molecule has 1 aromatic carbocycles. The van der Waals surface area contributed by atoms with Crippen molar-refractivity contribution in [2.45, 2.75) is 70.7 Å². The monoisotopic (exact) mass is 416 g/mol. The number of amides is 1. The van der Waals surface area contributed by atoms with Crippen molar-refractivity contribution >= 4 is 12.0 Å². The van der Waals surface area contributed by atoms with E-state index in [-0.39, 0.29) is 36.0 Å². The molecule has 3 rings (SSSR count). The van der Waals surface area contributed by atoms with Gasteiger partial charge in [0.15, 0.2) is 5.75 Å². The lowest BCUT2D eigenvalue weighted by Gasteiger charge is -2.45. The van der Waals surface area contributed by atoms with Gasteiger partial charge in [-0.2, -0.15) is 5.12 Å². The number of carbonyl (C=O) groups is 1. The molecule has 8 heteroatoms. The fraction of sp³-hybridized carbons (Fsp3) is 0.500. The van der Waals surface area contributed by atoms with E-state index in [0.29, 0.717) is 30.8 Å². The Balaban J connectivity index is 1.87. The van der Waals surface area contributed by atoms with Crippen molar-refractivity contribution in [3.8, 4) is 5.75 Å². The molecule has 162 valence electrons. The number of piperidine rings is 1. The van der Waals surface area contributed by atoms with Crippen molar-refractivity contribution < 1.29 is 19.1 Å². The third-order valence-electron chi connectivity index (χ3n) is 5.34. The van der Waals surface area contributed by atoms with Crippen LogP contribution in [0.15, 0.2) is 42.7 Å². The number of hydrogen-bond acceptors (Lipinski definition) is 6. The Bertz CT molecular complexity index is 819. The van der Waals surface area contributed by atoms with Gasteiger partial charge in [0.2, 0.25) is 0 Å². The summed E-state index contributed by atoms with van der Waals surface area (Å²) in [5.74, 6) is -0.212. The molecule has 3 atom stereocenters. The van der Waals surface area contributed by atoms with E-state index in [0.717, 1.165) is 5.56 Å². The number of nitrogens with zero attached hydrogens (tertiary/aromatic N) is 4. The number of halogens is 1. The molecule has 1 saturated heterocycles. The highest BCUT2D eigenvalue weighted by Gasteiger charge is 2.41. The van der Waals surface area contributed by atoms with Crippen LogP contribution in [0.5, 0.6) is 5.75 Å². The summed E-state index contributed by atoms with van der Waals surface area (Å²) < 4.78 is 20.7. The number of hydrogen-bond donors (Lipinski definition) is 1. The van der Waals surface area contributed by atoms with Gasteiger partial charge in [0.05, 0.1) is 24.5 Å². The zero-order valence-corrected chi connectivity index (χ0v) is 17.6. The largest absolute Gasteiger partial charge is 0.505 e. The second kappa shape index (κ2) is 9.73. The molecule has 1 aliphatic heterocycles. The van der Waals surface area contributed by atoms with Crippen LogP contribution in [0.2, 0.25) is 0 Å². The topological polar surface area (TPSA) is 78.8 Å². The molecule has 0 radical (unpaired) electrons. The molecule has 1 aliphatic rings. The first-order valence-corrected chi connectivity index (χ1v) is 10.4. The molecule has 1 fully saturated rings. The predicted octanol–water partition coefficient (Wildman–Crippen LogP) is 4.27. The Morgan fingerprint density at radius 3 is 2.47 bits per heavy atom. The average Bonchev–Trinajstić information content (AvgIpc) is 2.73. The number of likely N-dealkylation sites (tertiary alicyclic amines) is 1. The minimum Gasteiger partial charge on any atom is -0.505 e. The molecular formula is C22H29FN4O3. The summed E-state index contributed by atoms with van der Waals surface area (Å²) in [5.41, 5.74) is 1.08. The number of ether oxygens (including phenoxy) is 1. The van der Waals surface area contributed by atoms with Crippen LogP contribution in [-0.2, 0) is 11.2 Å². The summed E-state index contributed by atoms with van der Waals surface area (Å²) >= 11 is 0. The molecule has 0 aliphatic carbocycles. The van der Waals surface area contributed by atoms with Gasteiger partial charge >= 0.3 is 6.09 Å². The lowest BCUT2D eigenvalue weighted by molar-refractivity contribution is 0.0201. The number of anilines is 1. The molecule has 0 spiro atoms. The van der Waals surface area contributed by atoms with Crippen LogP contribution in [-0.4, -0.2) is 50.3 Å². The van der Waals surface area contributed by atoms with E-state index in [2.05, 4.69) is 9.97 Å². The van der Waals surface area contributed by atoms with Crippen molar-refractivity contribution in [3.63, 3.8) is 0 Å². The Kier molecular flexibility index (Phi) is 7.07. The van der Waals surface area contributed by atoms with Crippen LogP contribution in [0.3, 0.4) is 0 Å². The van der Waals surface area contributed by atoms with Gasteiger partial charge < -0.3 is 14.7 Å². The summed E-state index contributed by atoms with van der Waals surface area (Å²) in [6, 6.07) is 8.98. The molecule has 30 heavy (non-hydrogen) atoms. The molecule has 2 heterocycles. The van der Waals surface area contributed by atoms with E-state index < -0.39 is 6.04 Å². The quantitative estimate of drug-likeness (QED) is 0.709. The van der Waals surface area contributed by atoms with Crippen molar-refractivity contribution in [2.75, 3.05) is 5.12 Å². The van der Waals surface area contributed by atoms with Crippen molar-refractivity contribution in [1.82, 2.24) is 14.9 Å². The van der Waals surface area contributed by atoms with Gasteiger partial charge in [0, 0.05) is 12.1 Å². The van der Waals surface area contributed by atoms with Gasteiger partial charge in [-0.25, -0.2) is 14.8 Å². The maximum absolute atomic E-state index is 15.2. The minimum absolute atomic E-state index is 0.0932. The fourth-order valence-electron chi connectivity index (χ4n) is 4.01. The normalized spacial score (nSPS) is 21.5. The highest BCUT2D eigenvalue weighted by molar-refractivity contribution is 5.69. The summed E-state index contributed by atoms with van der Waals surface area (Å²) in [7, 11) is 0. The van der Waals surface area contributed by atoms with E-state index in [1.54, 1.807) is 4.90 Å². The van der Waals surface area contributed by atoms with E-state index in [4.69, 9.17) is 4.74 Å². The van der Waals surface area contributed by atoms with Crippen LogP contribution >= 0.6 is 0 Å². The number of carbonyl (C=O) groups excluding carboxylic acids is 1. The van der Waals surface area contributed by atoms with Crippen molar-refractivity contribution in [3.05, 3.63) is 48.3 Å². The van der Waals surface area contributed by atoms with E-state index in [1.807, 2.05) is 51.1 Å². The van der Waals surface area contributed by atoms with Crippen molar-refractivity contribution in [2.24, 2.45) is 0 Å². The third kappa shape index (κ3) is 5.17. The lowest BCUT2D eigenvalue weighted by atomic mass is 9.87. The van der Waals surface area contributed by atoms with Gasteiger partial charge in [0.1, 0.15) is 0 Å². The summed E-state index contributed by atoms with van der Waals surface area (Å²) in [6.45, 7) is 5.63. The Labute approximate surface area is 176 Å². The smallest absolute Gasteiger partial charge is 0.410 e. The Morgan fingerprint density at radius 1 is 1.23 bits per heavy atom. The van der Waals surface area contributed by atoms with E-state index in [1.165, 1.54) is 12.4 Å². The van der Waals surface area contributed by atoms with Gasteiger partial charge in [-0.3, -0.25) is 0 Å². The van der Waals surface area contributed by atoms with Crippen LogP contribution < -0.4 is 5.12 Å². The highest BCUT2D eigenvalue weighted by Crippen LogP contribution is 2.33. The molecule has 7 nitrogen and oxygen atoms in total. The fourth-order valence-corrected chi connectivity index (χ4v) is 4.01. The maximum atomic E-state index is 15.2. The molecule has 1 N–H and O–H groups in total. The van der Waals surface area contributed by atoms with E-state index >= 15 is 4.48 Å². The minimum atomic E-state index is -0.490. The van der Waals surface area contributed by atoms with Gasteiger partial charge in [-0.1, -0.05) is 41.7 Å². The number of aromatic hydroxyl groups is 1.